The second-order valence-electron chi connectivity index (χ2n) is 5.88. The molecule has 0 radical (unpaired) electrons. The largest absolute Gasteiger partial charge is 0.329 e. The van der Waals surface area contributed by atoms with Crippen LogP contribution in [0.3, 0.4) is 0 Å². The highest BCUT2D eigenvalue weighted by atomic mass is 16.2. The van der Waals surface area contributed by atoms with E-state index in [9.17, 15) is 9.59 Å². The van der Waals surface area contributed by atoms with Gasteiger partial charge in [0.25, 0.3) is 0 Å². The molecule has 1 saturated heterocycles. The first kappa shape index (κ1) is 16.2. The number of anilines is 2. The third-order valence-electron chi connectivity index (χ3n) is 4.27. The van der Waals surface area contributed by atoms with Crippen molar-refractivity contribution in [1.82, 2.24) is 0 Å². The van der Waals surface area contributed by atoms with E-state index >= 15 is 0 Å². The average Bonchev–Trinajstić information content (AvgIpc) is 3.03. The molecule has 2 amide bonds. The first-order valence-corrected chi connectivity index (χ1v) is 8.15. The van der Waals surface area contributed by atoms with Crippen LogP contribution < -0.4 is 16.0 Å². The van der Waals surface area contributed by atoms with Gasteiger partial charge in [0.05, 0.1) is 5.92 Å². The van der Waals surface area contributed by atoms with E-state index in [-0.39, 0.29) is 24.3 Å². The van der Waals surface area contributed by atoms with Crippen LogP contribution in [-0.2, 0) is 9.59 Å². The van der Waals surface area contributed by atoms with Crippen molar-refractivity contribution in [2.45, 2.75) is 18.8 Å². The lowest BCUT2D eigenvalue weighted by molar-refractivity contribution is -0.118. The van der Waals surface area contributed by atoms with E-state index < -0.39 is 0 Å². The SMILES string of the molecule is NCC(C(=O)Nc1ccc(N2CCCC2=O)cc1)c1ccccc1. The summed E-state index contributed by atoms with van der Waals surface area (Å²) in [5.74, 6) is -0.362. The second-order valence-corrected chi connectivity index (χ2v) is 5.88. The molecule has 124 valence electrons. The van der Waals surface area contributed by atoms with Crippen LogP contribution in [0.25, 0.3) is 0 Å². The van der Waals surface area contributed by atoms with Crippen LogP contribution in [0.15, 0.2) is 54.6 Å². The highest BCUT2D eigenvalue weighted by Crippen LogP contribution is 2.24. The van der Waals surface area contributed by atoms with Gasteiger partial charge in [-0.2, -0.15) is 0 Å². The van der Waals surface area contributed by atoms with Crippen LogP contribution in [0, 0.1) is 0 Å². The maximum atomic E-state index is 12.5. The molecule has 3 rings (SSSR count). The first-order chi connectivity index (χ1) is 11.7. The highest BCUT2D eigenvalue weighted by molar-refractivity contribution is 5.97. The summed E-state index contributed by atoms with van der Waals surface area (Å²) in [6.45, 7) is 1.00. The lowest BCUT2D eigenvalue weighted by Gasteiger charge is -2.17. The average molecular weight is 323 g/mol. The number of benzene rings is 2. The Kier molecular flexibility index (Phi) is 4.91. The minimum Gasteiger partial charge on any atom is -0.329 e. The number of hydrogen-bond donors (Lipinski definition) is 2. The Morgan fingerprint density at radius 1 is 1.12 bits per heavy atom. The minimum atomic E-state index is -0.383. The molecule has 1 fully saturated rings. The molecule has 24 heavy (non-hydrogen) atoms. The summed E-state index contributed by atoms with van der Waals surface area (Å²) in [4.78, 5) is 26.0. The highest BCUT2D eigenvalue weighted by Gasteiger charge is 2.22. The Morgan fingerprint density at radius 2 is 1.83 bits per heavy atom. The number of amides is 2. The van der Waals surface area contributed by atoms with Gasteiger partial charge in [0, 0.05) is 30.9 Å². The lowest BCUT2D eigenvalue weighted by Crippen LogP contribution is -2.27. The predicted molar refractivity (Wildman–Crippen MR) is 94.9 cm³/mol. The van der Waals surface area contributed by atoms with E-state index in [0.29, 0.717) is 12.1 Å². The van der Waals surface area contributed by atoms with Crippen LogP contribution in [0.5, 0.6) is 0 Å². The van der Waals surface area contributed by atoms with Gasteiger partial charge in [-0.25, -0.2) is 0 Å². The molecular formula is C19H21N3O2. The molecule has 1 heterocycles. The maximum absolute atomic E-state index is 12.5. The normalized spacial score (nSPS) is 15.4. The zero-order chi connectivity index (χ0) is 16.9. The van der Waals surface area contributed by atoms with Crippen LogP contribution in [0.2, 0.25) is 0 Å². The lowest BCUT2D eigenvalue weighted by atomic mass is 9.98. The van der Waals surface area contributed by atoms with E-state index in [0.717, 1.165) is 24.2 Å². The van der Waals surface area contributed by atoms with Gasteiger partial charge in [0.2, 0.25) is 11.8 Å². The molecule has 0 aromatic heterocycles. The molecule has 0 bridgehead atoms. The van der Waals surface area contributed by atoms with Gasteiger partial charge >= 0.3 is 0 Å². The Morgan fingerprint density at radius 3 is 2.42 bits per heavy atom. The van der Waals surface area contributed by atoms with Crippen molar-refractivity contribution in [3.63, 3.8) is 0 Å². The predicted octanol–water partition coefficient (Wildman–Crippen LogP) is 2.49. The summed E-state index contributed by atoms with van der Waals surface area (Å²) in [5, 5.41) is 2.90. The summed E-state index contributed by atoms with van der Waals surface area (Å²) in [5.41, 5.74) is 8.24. The van der Waals surface area contributed by atoms with Crippen LogP contribution in [0.1, 0.15) is 24.3 Å². The van der Waals surface area contributed by atoms with E-state index in [2.05, 4.69) is 5.32 Å². The van der Waals surface area contributed by atoms with E-state index in [1.807, 2.05) is 54.6 Å². The number of rotatable bonds is 5. The molecule has 2 aromatic rings. The van der Waals surface area contributed by atoms with Crippen molar-refractivity contribution < 1.29 is 9.59 Å². The van der Waals surface area contributed by atoms with Gasteiger partial charge in [0.15, 0.2) is 0 Å². The molecule has 0 saturated carbocycles. The molecule has 1 unspecified atom stereocenters. The van der Waals surface area contributed by atoms with Crippen molar-refractivity contribution in [1.29, 1.82) is 0 Å². The van der Waals surface area contributed by atoms with Crippen LogP contribution >= 0.6 is 0 Å². The van der Waals surface area contributed by atoms with E-state index in [1.54, 1.807) is 4.90 Å². The molecule has 5 heteroatoms. The maximum Gasteiger partial charge on any atom is 0.233 e. The summed E-state index contributed by atoms with van der Waals surface area (Å²) < 4.78 is 0. The molecule has 2 aromatic carbocycles. The third-order valence-corrected chi connectivity index (χ3v) is 4.27. The summed E-state index contributed by atoms with van der Waals surface area (Å²) in [7, 11) is 0. The fourth-order valence-corrected chi connectivity index (χ4v) is 2.96. The first-order valence-electron chi connectivity index (χ1n) is 8.15. The molecule has 5 nitrogen and oxygen atoms in total. The van der Waals surface area contributed by atoms with Crippen molar-refractivity contribution in [3.8, 4) is 0 Å². The number of nitrogens with zero attached hydrogens (tertiary/aromatic N) is 1. The number of nitrogens with two attached hydrogens (primary N) is 1. The molecular weight excluding hydrogens is 302 g/mol. The molecule has 1 atom stereocenters. The fraction of sp³-hybridized carbons (Fsp3) is 0.263. The summed E-state index contributed by atoms with van der Waals surface area (Å²) in [6, 6.07) is 16.9. The Bertz CT molecular complexity index is 713. The van der Waals surface area contributed by atoms with Crippen molar-refractivity contribution in [2.75, 3.05) is 23.3 Å². The summed E-state index contributed by atoms with van der Waals surface area (Å²) >= 11 is 0. The monoisotopic (exact) mass is 323 g/mol. The Labute approximate surface area is 141 Å². The number of carbonyl (C=O) groups is 2. The number of nitrogens with one attached hydrogen (secondary N) is 1. The van der Waals surface area contributed by atoms with Crippen molar-refractivity contribution in [2.24, 2.45) is 5.73 Å². The van der Waals surface area contributed by atoms with Crippen LogP contribution in [-0.4, -0.2) is 24.9 Å². The van der Waals surface area contributed by atoms with E-state index in [4.69, 9.17) is 5.73 Å². The van der Waals surface area contributed by atoms with E-state index in [1.165, 1.54) is 0 Å². The quantitative estimate of drug-likeness (QED) is 0.887. The fourth-order valence-electron chi connectivity index (χ4n) is 2.96. The van der Waals surface area contributed by atoms with Gasteiger partial charge in [0.1, 0.15) is 0 Å². The third kappa shape index (κ3) is 3.46. The van der Waals surface area contributed by atoms with Gasteiger partial charge in [-0.05, 0) is 36.2 Å². The standard InChI is InChI=1S/C19H21N3O2/c20-13-17(14-5-2-1-3-6-14)19(24)21-15-8-10-16(11-9-15)22-12-4-7-18(22)23/h1-3,5-6,8-11,17H,4,7,12-13,20H2,(H,21,24). The van der Waals surface area contributed by atoms with Gasteiger partial charge in [-0.3, -0.25) is 9.59 Å². The molecule has 0 aliphatic carbocycles. The molecule has 0 spiro atoms. The van der Waals surface area contributed by atoms with Crippen molar-refractivity contribution >= 4 is 23.2 Å². The van der Waals surface area contributed by atoms with Crippen molar-refractivity contribution in [3.05, 3.63) is 60.2 Å². The molecule has 3 N–H and O–H groups in total. The number of carbonyl (C=O) groups excluding carboxylic acids is 2. The zero-order valence-corrected chi connectivity index (χ0v) is 13.4. The summed E-state index contributed by atoms with van der Waals surface area (Å²) in [6.07, 6.45) is 1.50. The second kappa shape index (κ2) is 7.27. The Balaban J connectivity index is 1.69. The molecule has 1 aliphatic rings. The zero-order valence-electron chi connectivity index (χ0n) is 13.4. The smallest absolute Gasteiger partial charge is 0.233 e. The minimum absolute atomic E-state index is 0.131. The topological polar surface area (TPSA) is 75.4 Å². The van der Waals surface area contributed by atoms with Gasteiger partial charge in [-0.15, -0.1) is 0 Å². The molecule has 1 aliphatic heterocycles. The van der Waals surface area contributed by atoms with Gasteiger partial charge in [-0.1, -0.05) is 30.3 Å². The van der Waals surface area contributed by atoms with Crippen LogP contribution in [0.4, 0.5) is 11.4 Å². The Hall–Kier alpha value is -2.66. The van der Waals surface area contributed by atoms with Gasteiger partial charge < -0.3 is 16.0 Å². The number of hydrogen-bond acceptors (Lipinski definition) is 3.